The Morgan fingerprint density at radius 1 is 1.57 bits per heavy atom. The second-order valence-electron chi connectivity index (χ2n) is 3.78. The maximum atomic E-state index is 11.6. The maximum Gasteiger partial charge on any atom is 0.341 e. The molecule has 2 aliphatic rings. The van der Waals surface area contributed by atoms with Crippen LogP contribution in [-0.2, 0) is 9.57 Å². The molecule has 1 aliphatic heterocycles. The molecule has 2 rings (SSSR count). The van der Waals surface area contributed by atoms with E-state index in [2.05, 4.69) is 10.3 Å². The minimum Gasteiger partial charge on any atom is -0.377 e. The smallest absolute Gasteiger partial charge is 0.341 e. The number of carbonyl (C=O) groups is 1. The lowest BCUT2D eigenvalue weighted by molar-refractivity contribution is -0.00799. The third-order valence-corrected chi connectivity index (χ3v) is 2.78. The van der Waals surface area contributed by atoms with Crippen molar-refractivity contribution in [2.45, 2.75) is 18.9 Å². The number of amides is 2. The molecule has 1 atom stereocenters. The Labute approximate surface area is 83.3 Å². The molecule has 2 fully saturated rings. The molecule has 14 heavy (non-hydrogen) atoms. The number of nitrogens with zero attached hydrogens (tertiary/aromatic N) is 1. The van der Waals surface area contributed by atoms with E-state index >= 15 is 0 Å². The van der Waals surface area contributed by atoms with Crippen LogP contribution < -0.4 is 5.48 Å². The fourth-order valence-electron chi connectivity index (χ4n) is 1.89. The summed E-state index contributed by atoms with van der Waals surface area (Å²) in [4.78, 5) is 18.0. The lowest BCUT2D eigenvalue weighted by Gasteiger charge is -2.35. The van der Waals surface area contributed by atoms with Crippen molar-refractivity contribution in [3.05, 3.63) is 0 Å². The topological polar surface area (TPSA) is 50.8 Å². The Balaban J connectivity index is 1.94. The molecule has 80 valence electrons. The van der Waals surface area contributed by atoms with Crippen molar-refractivity contribution < 1.29 is 14.4 Å². The fraction of sp³-hybridized carbons (Fsp3) is 0.889. The molecule has 0 bridgehead atoms. The summed E-state index contributed by atoms with van der Waals surface area (Å²) in [6.45, 7) is 1.96. The van der Waals surface area contributed by atoms with E-state index in [1.807, 2.05) is 4.90 Å². The van der Waals surface area contributed by atoms with Gasteiger partial charge in [0, 0.05) is 6.54 Å². The van der Waals surface area contributed by atoms with Crippen LogP contribution >= 0.6 is 0 Å². The molecular weight excluding hydrogens is 184 g/mol. The van der Waals surface area contributed by atoms with Crippen LogP contribution in [0.3, 0.4) is 0 Å². The normalized spacial score (nSPS) is 27.5. The summed E-state index contributed by atoms with van der Waals surface area (Å²) in [5.74, 6) is 0.637. The summed E-state index contributed by atoms with van der Waals surface area (Å²) in [5.41, 5.74) is 2.36. The molecule has 2 amide bonds. The van der Waals surface area contributed by atoms with Gasteiger partial charge in [-0.05, 0) is 18.8 Å². The van der Waals surface area contributed by atoms with E-state index in [1.54, 1.807) is 0 Å². The van der Waals surface area contributed by atoms with Crippen LogP contribution in [0.5, 0.6) is 0 Å². The molecule has 1 aliphatic carbocycles. The summed E-state index contributed by atoms with van der Waals surface area (Å²) in [7, 11) is 1.45. The van der Waals surface area contributed by atoms with Gasteiger partial charge in [-0.3, -0.25) is 4.84 Å². The van der Waals surface area contributed by atoms with E-state index in [0.29, 0.717) is 25.7 Å². The zero-order chi connectivity index (χ0) is 9.97. The van der Waals surface area contributed by atoms with Gasteiger partial charge in [0.15, 0.2) is 0 Å². The zero-order valence-corrected chi connectivity index (χ0v) is 8.36. The van der Waals surface area contributed by atoms with Crippen molar-refractivity contribution in [3.63, 3.8) is 0 Å². The van der Waals surface area contributed by atoms with Gasteiger partial charge in [0.2, 0.25) is 0 Å². The third kappa shape index (κ3) is 1.99. The quantitative estimate of drug-likeness (QED) is 0.655. The average Bonchev–Trinajstić information content (AvgIpc) is 3.01. The Bertz CT molecular complexity index is 218. The number of hydrogen-bond acceptors (Lipinski definition) is 3. The van der Waals surface area contributed by atoms with Gasteiger partial charge in [-0.15, -0.1) is 0 Å². The van der Waals surface area contributed by atoms with Crippen molar-refractivity contribution in [3.8, 4) is 0 Å². The Morgan fingerprint density at radius 3 is 3.00 bits per heavy atom. The molecule has 5 nitrogen and oxygen atoms in total. The van der Waals surface area contributed by atoms with Crippen LogP contribution in [0, 0.1) is 5.92 Å². The highest BCUT2D eigenvalue weighted by molar-refractivity contribution is 5.73. The van der Waals surface area contributed by atoms with Crippen LogP contribution in [-0.4, -0.2) is 43.8 Å². The Kier molecular flexibility index (Phi) is 2.88. The third-order valence-electron chi connectivity index (χ3n) is 2.78. The first-order valence-corrected chi connectivity index (χ1v) is 5.00. The second-order valence-corrected chi connectivity index (χ2v) is 3.78. The van der Waals surface area contributed by atoms with E-state index in [1.165, 1.54) is 20.0 Å². The highest BCUT2D eigenvalue weighted by Crippen LogP contribution is 2.36. The number of ether oxygens (including phenoxy) is 1. The van der Waals surface area contributed by atoms with Crippen LogP contribution in [0.1, 0.15) is 12.8 Å². The van der Waals surface area contributed by atoms with Crippen molar-refractivity contribution in [2.24, 2.45) is 5.92 Å². The van der Waals surface area contributed by atoms with Gasteiger partial charge in [-0.2, -0.15) is 0 Å². The van der Waals surface area contributed by atoms with Gasteiger partial charge in [0.25, 0.3) is 0 Å². The van der Waals surface area contributed by atoms with Gasteiger partial charge < -0.3 is 9.64 Å². The monoisotopic (exact) mass is 200 g/mol. The lowest BCUT2D eigenvalue weighted by atomic mass is 10.1. The number of hydrogen-bond donors (Lipinski definition) is 1. The van der Waals surface area contributed by atoms with E-state index in [4.69, 9.17) is 4.74 Å². The summed E-state index contributed by atoms with van der Waals surface area (Å²) < 4.78 is 5.38. The first-order chi connectivity index (χ1) is 6.83. The highest BCUT2D eigenvalue weighted by atomic mass is 16.6. The minimum atomic E-state index is -0.146. The molecule has 1 heterocycles. The highest BCUT2D eigenvalue weighted by Gasteiger charge is 2.39. The minimum absolute atomic E-state index is 0.146. The molecule has 5 heteroatoms. The molecule has 1 saturated carbocycles. The number of nitrogens with one attached hydrogen (secondary N) is 1. The van der Waals surface area contributed by atoms with Crippen molar-refractivity contribution in [1.29, 1.82) is 0 Å². The number of morpholine rings is 1. The zero-order valence-electron chi connectivity index (χ0n) is 8.36. The summed E-state index contributed by atoms with van der Waals surface area (Å²) in [6, 6.07) is 0.103. The lowest BCUT2D eigenvalue weighted by Crippen LogP contribution is -2.53. The number of rotatable bonds is 2. The maximum absolute atomic E-state index is 11.6. The second kappa shape index (κ2) is 4.14. The van der Waals surface area contributed by atoms with Crippen molar-refractivity contribution in [2.75, 3.05) is 26.9 Å². The first kappa shape index (κ1) is 9.73. The van der Waals surface area contributed by atoms with Crippen molar-refractivity contribution in [1.82, 2.24) is 10.4 Å². The van der Waals surface area contributed by atoms with Crippen LogP contribution in [0.2, 0.25) is 0 Å². The van der Waals surface area contributed by atoms with Gasteiger partial charge >= 0.3 is 6.03 Å². The largest absolute Gasteiger partial charge is 0.377 e. The first-order valence-electron chi connectivity index (χ1n) is 5.00. The molecule has 0 aromatic rings. The fourth-order valence-corrected chi connectivity index (χ4v) is 1.89. The number of carbonyl (C=O) groups excluding carboxylic acids is 1. The van der Waals surface area contributed by atoms with Gasteiger partial charge in [-0.1, -0.05) is 0 Å². The van der Waals surface area contributed by atoms with Crippen LogP contribution in [0.15, 0.2) is 0 Å². The molecule has 0 radical (unpaired) electrons. The van der Waals surface area contributed by atoms with E-state index < -0.39 is 0 Å². The summed E-state index contributed by atoms with van der Waals surface area (Å²) >= 11 is 0. The molecule has 1 N–H and O–H groups in total. The average molecular weight is 200 g/mol. The molecule has 1 saturated heterocycles. The Hall–Kier alpha value is -0.810. The van der Waals surface area contributed by atoms with Crippen LogP contribution in [0.25, 0.3) is 0 Å². The Morgan fingerprint density at radius 2 is 2.36 bits per heavy atom. The SMILES string of the molecule is CONC(=O)N1CCOC[C@@H]1C1CC1. The van der Waals surface area contributed by atoms with Gasteiger partial charge in [-0.25, -0.2) is 10.3 Å². The predicted molar refractivity (Wildman–Crippen MR) is 49.6 cm³/mol. The molecule has 0 aromatic heterocycles. The summed E-state index contributed by atoms with van der Waals surface area (Å²) in [6.07, 6.45) is 2.43. The molecule has 0 spiro atoms. The number of hydroxylamine groups is 1. The molecule has 0 aromatic carbocycles. The summed E-state index contributed by atoms with van der Waals surface area (Å²) in [5, 5.41) is 0. The van der Waals surface area contributed by atoms with Gasteiger partial charge in [0.05, 0.1) is 26.4 Å². The number of urea groups is 1. The van der Waals surface area contributed by atoms with Crippen LogP contribution in [0.4, 0.5) is 4.79 Å². The molecule has 0 unspecified atom stereocenters. The van der Waals surface area contributed by atoms with Gasteiger partial charge in [0.1, 0.15) is 0 Å². The van der Waals surface area contributed by atoms with E-state index in [0.717, 1.165) is 0 Å². The van der Waals surface area contributed by atoms with Crippen molar-refractivity contribution >= 4 is 6.03 Å². The van der Waals surface area contributed by atoms with E-state index in [9.17, 15) is 4.79 Å². The molecular formula is C9H16N2O3. The van der Waals surface area contributed by atoms with E-state index in [-0.39, 0.29) is 12.1 Å². The predicted octanol–water partition coefficient (Wildman–Crippen LogP) is 0.368. The standard InChI is InChI=1S/C9H16N2O3/c1-13-10-9(12)11-4-5-14-6-8(11)7-2-3-7/h7-8H,2-6H2,1H3,(H,10,12)/t8-/m1/s1.